The Morgan fingerprint density at radius 2 is 1.83 bits per heavy atom. The first kappa shape index (κ1) is 14.6. The highest BCUT2D eigenvalue weighted by molar-refractivity contribution is 5.78. The van der Waals surface area contributed by atoms with Gasteiger partial charge in [0.05, 0.1) is 6.54 Å². The maximum absolute atomic E-state index is 12.0. The van der Waals surface area contributed by atoms with E-state index in [0.717, 1.165) is 31.5 Å². The lowest BCUT2D eigenvalue weighted by Crippen LogP contribution is -2.38. The Labute approximate surface area is 109 Å². The van der Waals surface area contributed by atoms with Crippen LogP contribution in [0.4, 0.5) is 0 Å². The quantitative estimate of drug-likeness (QED) is 0.764. The molecule has 4 nitrogen and oxygen atoms in total. The van der Waals surface area contributed by atoms with Gasteiger partial charge in [0, 0.05) is 32.0 Å². The third kappa shape index (κ3) is 5.27. The van der Waals surface area contributed by atoms with Crippen LogP contribution in [-0.4, -0.2) is 35.4 Å². The molecule has 0 unspecified atom stereocenters. The van der Waals surface area contributed by atoms with Gasteiger partial charge in [0.25, 0.3) is 0 Å². The number of nitrogens with one attached hydrogen (secondary N) is 1. The van der Waals surface area contributed by atoms with Gasteiger partial charge in [-0.3, -0.25) is 9.78 Å². The average Bonchev–Trinajstić information content (AvgIpc) is 2.39. The van der Waals surface area contributed by atoms with Crippen LogP contribution < -0.4 is 5.32 Å². The van der Waals surface area contributed by atoms with Gasteiger partial charge in [0.2, 0.25) is 5.91 Å². The predicted molar refractivity (Wildman–Crippen MR) is 73.1 cm³/mol. The summed E-state index contributed by atoms with van der Waals surface area (Å²) in [6.45, 7) is 7.01. The van der Waals surface area contributed by atoms with Crippen molar-refractivity contribution < 1.29 is 4.79 Å². The highest BCUT2D eigenvalue weighted by atomic mass is 16.2. The molecule has 0 fully saturated rings. The fourth-order valence-corrected chi connectivity index (χ4v) is 1.83. The van der Waals surface area contributed by atoms with Crippen LogP contribution in [0.2, 0.25) is 0 Å². The molecule has 0 aromatic carbocycles. The van der Waals surface area contributed by atoms with Crippen molar-refractivity contribution in [2.45, 2.75) is 33.2 Å². The topological polar surface area (TPSA) is 45.2 Å². The van der Waals surface area contributed by atoms with E-state index in [1.54, 1.807) is 12.4 Å². The van der Waals surface area contributed by atoms with E-state index >= 15 is 0 Å². The Kier molecular flexibility index (Phi) is 7.03. The van der Waals surface area contributed by atoms with Gasteiger partial charge < -0.3 is 10.2 Å². The summed E-state index contributed by atoms with van der Waals surface area (Å²) >= 11 is 0. The van der Waals surface area contributed by atoms with Crippen LogP contribution in [0.1, 0.15) is 32.3 Å². The van der Waals surface area contributed by atoms with Gasteiger partial charge in [-0.1, -0.05) is 13.8 Å². The van der Waals surface area contributed by atoms with Crippen LogP contribution in [0.5, 0.6) is 0 Å². The molecule has 1 rings (SSSR count). The number of pyridine rings is 1. The Hall–Kier alpha value is -1.42. The second kappa shape index (κ2) is 8.64. The van der Waals surface area contributed by atoms with Gasteiger partial charge in [-0.25, -0.2) is 0 Å². The van der Waals surface area contributed by atoms with Gasteiger partial charge in [-0.05, 0) is 30.5 Å². The smallest absolute Gasteiger partial charge is 0.236 e. The van der Waals surface area contributed by atoms with Crippen LogP contribution in [0.15, 0.2) is 24.5 Å². The second-order valence-electron chi connectivity index (χ2n) is 4.34. The molecule has 1 aromatic heterocycles. The fraction of sp³-hybridized carbons (Fsp3) is 0.571. The van der Waals surface area contributed by atoms with Gasteiger partial charge in [0.1, 0.15) is 0 Å². The third-order valence-electron chi connectivity index (χ3n) is 2.69. The lowest BCUT2D eigenvalue weighted by molar-refractivity contribution is -0.130. The molecule has 0 saturated heterocycles. The van der Waals surface area contributed by atoms with Crippen LogP contribution in [-0.2, 0) is 11.3 Å². The number of hydrogen-bond donors (Lipinski definition) is 1. The molecule has 1 aromatic rings. The van der Waals surface area contributed by atoms with Gasteiger partial charge in [0.15, 0.2) is 0 Å². The zero-order valence-electron chi connectivity index (χ0n) is 11.4. The molecule has 0 aliphatic heterocycles. The first-order valence-corrected chi connectivity index (χ1v) is 6.65. The number of hydrogen-bond acceptors (Lipinski definition) is 3. The van der Waals surface area contributed by atoms with Crippen LogP contribution in [0.3, 0.4) is 0 Å². The number of nitrogens with zero attached hydrogens (tertiary/aromatic N) is 2. The van der Waals surface area contributed by atoms with E-state index in [-0.39, 0.29) is 5.91 Å². The molecule has 4 heteroatoms. The molecule has 0 spiro atoms. The summed E-state index contributed by atoms with van der Waals surface area (Å²) in [4.78, 5) is 17.9. The van der Waals surface area contributed by atoms with Crippen molar-refractivity contribution in [2.75, 3.05) is 19.6 Å². The Balaban J connectivity index is 2.30. The number of rotatable bonds is 8. The molecular weight excluding hydrogens is 226 g/mol. The van der Waals surface area contributed by atoms with Crippen LogP contribution in [0, 0.1) is 0 Å². The predicted octanol–water partition coefficient (Wildman–Crippen LogP) is 1.82. The van der Waals surface area contributed by atoms with Gasteiger partial charge in [-0.15, -0.1) is 0 Å². The largest absolute Gasteiger partial charge is 0.342 e. The van der Waals surface area contributed by atoms with Crippen LogP contribution >= 0.6 is 0 Å². The highest BCUT2D eigenvalue weighted by Gasteiger charge is 2.10. The molecule has 18 heavy (non-hydrogen) atoms. The lowest BCUT2D eigenvalue weighted by atomic mass is 10.2. The summed E-state index contributed by atoms with van der Waals surface area (Å²) in [5.41, 5.74) is 1.15. The summed E-state index contributed by atoms with van der Waals surface area (Å²) in [5.74, 6) is 0.188. The van der Waals surface area contributed by atoms with Crippen molar-refractivity contribution in [1.29, 1.82) is 0 Å². The molecule has 100 valence electrons. The molecule has 0 saturated carbocycles. The average molecular weight is 249 g/mol. The first-order valence-electron chi connectivity index (χ1n) is 6.65. The first-order chi connectivity index (χ1) is 8.77. The van der Waals surface area contributed by atoms with E-state index in [2.05, 4.69) is 24.1 Å². The Bertz CT molecular complexity index is 334. The summed E-state index contributed by atoms with van der Waals surface area (Å²) in [6.07, 6.45) is 5.55. The van der Waals surface area contributed by atoms with Crippen molar-refractivity contribution >= 4 is 5.91 Å². The Morgan fingerprint density at radius 3 is 2.39 bits per heavy atom. The monoisotopic (exact) mass is 249 g/mol. The molecule has 0 radical (unpaired) electrons. The molecular formula is C14H23N3O. The van der Waals surface area contributed by atoms with E-state index in [0.29, 0.717) is 13.1 Å². The maximum atomic E-state index is 12.0. The van der Waals surface area contributed by atoms with Crippen LogP contribution in [0.25, 0.3) is 0 Å². The van der Waals surface area contributed by atoms with Crippen molar-refractivity contribution in [2.24, 2.45) is 0 Å². The zero-order chi connectivity index (χ0) is 13.2. The van der Waals surface area contributed by atoms with E-state index in [1.807, 2.05) is 17.0 Å². The second-order valence-corrected chi connectivity index (χ2v) is 4.34. The number of carbonyl (C=O) groups excluding carboxylic acids is 1. The molecule has 1 amide bonds. The standard InChI is InChI=1S/C14H23N3O/c1-3-9-17(10-4-2)14(18)12-16-11-13-5-7-15-8-6-13/h5-8,16H,3-4,9-12H2,1-2H3. The molecule has 0 bridgehead atoms. The van der Waals surface area contributed by atoms with Crippen molar-refractivity contribution in [1.82, 2.24) is 15.2 Å². The van der Waals surface area contributed by atoms with E-state index in [9.17, 15) is 4.79 Å². The minimum Gasteiger partial charge on any atom is -0.342 e. The molecule has 1 N–H and O–H groups in total. The summed E-state index contributed by atoms with van der Waals surface area (Å²) in [6, 6.07) is 3.90. The summed E-state index contributed by atoms with van der Waals surface area (Å²) in [7, 11) is 0. The molecule has 0 atom stereocenters. The number of amides is 1. The SMILES string of the molecule is CCCN(CCC)C(=O)CNCc1ccncc1. The molecule has 0 aliphatic rings. The highest BCUT2D eigenvalue weighted by Crippen LogP contribution is 1.97. The van der Waals surface area contributed by atoms with Gasteiger partial charge in [-0.2, -0.15) is 0 Å². The Morgan fingerprint density at radius 1 is 1.22 bits per heavy atom. The van der Waals surface area contributed by atoms with E-state index in [4.69, 9.17) is 0 Å². The zero-order valence-corrected chi connectivity index (χ0v) is 11.4. The third-order valence-corrected chi connectivity index (χ3v) is 2.69. The summed E-state index contributed by atoms with van der Waals surface area (Å²) in [5, 5.41) is 3.18. The lowest BCUT2D eigenvalue weighted by Gasteiger charge is -2.21. The van der Waals surface area contributed by atoms with Crippen molar-refractivity contribution in [3.8, 4) is 0 Å². The van der Waals surface area contributed by atoms with Crippen molar-refractivity contribution in [3.63, 3.8) is 0 Å². The number of aromatic nitrogens is 1. The maximum Gasteiger partial charge on any atom is 0.236 e. The summed E-state index contributed by atoms with van der Waals surface area (Å²) < 4.78 is 0. The van der Waals surface area contributed by atoms with E-state index < -0.39 is 0 Å². The molecule has 0 aliphatic carbocycles. The fourth-order valence-electron chi connectivity index (χ4n) is 1.83. The molecule has 1 heterocycles. The number of carbonyl (C=O) groups is 1. The minimum atomic E-state index is 0.188. The minimum absolute atomic E-state index is 0.188. The van der Waals surface area contributed by atoms with Crippen molar-refractivity contribution in [3.05, 3.63) is 30.1 Å². The van der Waals surface area contributed by atoms with Gasteiger partial charge >= 0.3 is 0 Å². The van der Waals surface area contributed by atoms with E-state index in [1.165, 1.54) is 0 Å². The normalized spacial score (nSPS) is 10.3.